The third kappa shape index (κ3) is 6.17. The molecule has 1 N–H and O–H groups in total. The number of carbonyl (C=O) groups excluding carboxylic acids is 1. The van der Waals surface area contributed by atoms with Gasteiger partial charge in [0.1, 0.15) is 0 Å². The van der Waals surface area contributed by atoms with Crippen LogP contribution >= 0.6 is 11.6 Å². The van der Waals surface area contributed by atoms with Crippen LogP contribution in [0.3, 0.4) is 0 Å². The van der Waals surface area contributed by atoms with Gasteiger partial charge >= 0.3 is 0 Å². The Hall–Kier alpha value is -2.67. The Bertz CT molecular complexity index is 1320. The van der Waals surface area contributed by atoms with Crippen molar-refractivity contribution in [1.82, 2.24) is 10.2 Å². The average Bonchev–Trinajstić information content (AvgIpc) is 2.88. The molecule has 1 aliphatic heterocycles. The zero-order valence-corrected chi connectivity index (χ0v) is 22.6. The fourth-order valence-corrected chi connectivity index (χ4v) is 5.74. The number of amides is 1. The Morgan fingerprint density at radius 2 is 1.69 bits per heavy atom. The Kier molecular flexibility index (Phi) is 8.18. The van der Waals surface area contributed by atoms with Crippen LogP contribution in [0.25, 0.3) is 0 Å². The highest BCUT2D eigenvalue weighted by atomic mass is 35.5. The molecular weight excluding hydrogens is 492 g/mol. The minimum absolute atomic E-state index is 0.0657. The van der Waals surface area contributed by atoms with Crippen molar-refractivity contribution in [2.75, 3.05) is 12.3 Å². The van der Waals surface area contributed by atoms with Gasteiger partial charge in [-0.25, -0.2) is 8.42 Å². The Morgan fingerprint density at radius 3 is 2.33 bits per heavy atom. The van der Waals surface area contributed by atoms with Crippen molar-refractivity contribution in [1.29, 1.82) is 0 Å². The molecule has 0 saturated carbocycles. The van der Waals surface area contributed by atoms with Gasteiger partial charge in [-0.05, 0) is 70.5 Å². The third-order valence-electron chi connectivity index (χ3n) is 6.89. The van der Waals surface area contributed by atoms with Crippen LogP contribution in [0.4, 0.5) is 0 Å². The van der Waals surface area contributed by atoms with Crippen LogP contribution in [0.5, 0.6) is 0 Å². The first kappa shape index (κ1) is 26.4. The van der Waals surface area contributed by atoms with Gasteiger partial charge in [0, 0.05) is 36.8 Å². The van der Waals surface area contributed by atoms with Gasteiger partial charge in [-0.15, -0.1) is 0 Å². The van der Waals surface area contributed by atoms with Crippen LogP contribution < -0.4 is 5.32 Å². The van der Waals surface area contributed by atoms with Crippen molar-refractivity contribution in [2.45, 2.75) is 51.2 Å². The maximum Gasteiger partial charge on any atom is 0.251 e. The summed E-state index contributed by atoms with van der Waals surface area (Å²) in [5.74, 6) is 0.807. The molecule has 0 saturated heterocycles. The topological polar surface area (TPSA) is 66.5 Å². The highest BCUT2D eigenvalue weighted by Gasteiger charge is 2.28. The van der Waals surface area contributed by atoms with E-state index in [1.165, 1.54) is 16.7 Å². The molecule has 0 aliphatic carbocycles. The van der Waals surface area contributed by atoms with Crippen molar-refractivity contribution in [3.8, 4) is 0 Å². The Labute approximate surface area is 219 Å². The van der Waals surface area contributed by atoms with Crippen LogP contribution in [-0.4, -0.2) is 31.5 Å². The minimum Gasteiger partial charge on any atom is -0.348 e. The number of nitrogens with one attached hydrogen (secondary N) is 1. The molecule has 3 aromatic carbocycles. The number of halogens is 1. The number of fused-ring (bicyclic) bond motifs is 1. The lowest BCUT2D eigenvalue weighted by atomic mass is 9.81. The van der Waals surface area contributed by atoms with Crippen LogP contribution in [0.2, 0.25) is 5.02 Å². The predicted octanol–water partition coefficient (Wildman–Crippen LogP) is 5.82. The van der Waals surface area contributed by atoms with Crippen LogP contribution in [0.1, 0.15) is 59.3 Å². The summed E-state index contributed by atoms with van der Waals surface area (Å²) in [6.07, 6.45) is 0. The van der Waals surface area contributed by atoms with Crippen molar-refractivity contribution < 1.29 is 13.2 Å². The van der Waals surface area contributed by atoms with Gasteiger partial charge in [0.2, 0.25) is 0 Å². The van der Waals surface area contributed by atoms with Crippen molar-refractivity contribution in [3.63, 3.8) is 0 Å². The summed E-state index contributed by atoms with van der Waals surface area (Å²) < 4.78 is 24.0. The van der Waals surface area contributed by atoms with Gasteiger partial charge < -0.3 is 5.32 Å². The van der Waals surface area contributed by atoms with E-state index >= 15 is 0 Å². The van der Waals surface area contributed by atoms with Gasteiger partial charge in [-0.1, -0.05) is 62.7 Å². The molecule has 190 valence electrons. The third-order valence-corrected chi connectivity index (χ3v) is 8.90. The Balaban J connectivity index is 1.46. The lowest BCUT2D eigenvalue weighted by molar-refractivity contribution is 0.0950. The second kappa shape index (κ2) is 11.2. The van der Waals surface area contributed by atoms with Crippen LogP contribution in [0, 0.1) is 5.92 Å². The van der Waals surface area contributed by atoms with Crippen LogP contribution in [-0.2, 0) is 29.5 Å². The van der Waals surface area contributed by atoms with Crippen molar-refractivity contribution >= 4 is 27.3 Å². The number of hydrogen-bond donors (Lipinski definition) is 1. The molecule has 1 amide bonds. The monoisotopic (exact) mass is 524 g/mol. The number of nitrogens with zero attached hydrogens (tertiary/aromatic N) is 1. The minimum atomic E-state index is -3.23. The number of rotatable bonds is 8. The number of hydrogen-bond acceptors (Lipinski definition) is 4. The first-order valence-electron chi connectivity index (χ1n) is 12.4. The summed E-state index contributed by atoms with van der Waals surface area (Å²) in [6, 6.07) is 20.7. The smallest absolute Gasteiger partial charge is 0.251 e. The van der Waals surface area contributed by atoms with E-state index in [0.29, 0.717) is 28.8 Å². The van der Waals surface area contributed by atoms with E-state index in [0.717, 1.165) is 30.2 Å². The second-order valence-electron chi connectivity index (χ2n) is 9.79. The molecule has 4 rings (SSSR count). The Morgan fingerprint density at radius 1 is 1.03 bits per heavy atom. The normalized spacial score (nSPS) is 16.1. The molecule has 0 radical (unpaired) electrons. The molecule has 1 aliphatic rings. The van der Waals surface area contributed by atoms with E-state index in [2.05, 4.69) is 42.3 Å². The molecule has 1 heterocycles. The fourth-order valence-electron chi connectivity index (χ4n) is 4.73. The van der Waals surface area contributed by atoms with Crippen molar-refractivity contribution in [3.05, 3.63) is 99.6 Å². The summed E-state index contributed by atoms with van der Waals surface area (Å²) in [4.78, 5) is 15.7. The van der Waals surface area contributed by atoms with Crippen molar-refractivity contribution in [2.24, 2.45) is 5.92 Å². The van der Waals surface area contributed by atoms with Gasteiger partial charge in [0.25, 0.3) is 5.91 Å². The molecule has 3 aromatic rings. The molecule has 36 heavy (non-hydrogen) atoms. The molecule has 5 nitrogen and oxygen atoms in total. The first-order valence-corrected chi connectivity index (χ1v) is 14.4. The lowest BCUT2D eigenvalue weighted by Crippen LogP contribution is -2.35. The summed E-state index contributed by atoms with van der Waals surface area (Å²) in [6.45, 7) is 9.05. The van der Waals surface area contributed by atoms with Gasteiger partial charge in [-0.2, -0.15) is 0 Å². The quantitative estimate of drug-likeness (QED) is 0.403. The molecule has 0 spiro atoms. The molecule has 0 bridgehead atoms. The van der Waals surface area contributed by atoms with Gasteiger partial charge in [0.05, 0.1) is 10.6 Å². The van der Waals surface area contributed by atoms with E-state index in [1.807, 2.05) is 24.3 Å². The van der Waals surface area contributed by atoms with Crippen LogP contribution in [0.15, 0.2) is 71.6 Å². The average molecular weight is 525 g/mol. The molecule has 0 fully saturated rings. The number of benzene rings is 3. The molecule has 1 atom stereocenters. The molecular formula is C29H33ClN2O3S. The zero-order valence-electron chi connectivity index (χ0n) is 21.0. The zero-order chi connectivity index (χ0) is 25.9. The van der Waals surface area contributed by atoms with Gasteiger partial charge in [0.15, 0.2) is 9.84 Å². The molecule has 0 unspecified atom stereocenters. The predicted molar refractivity (Wildman–Crippen MR) is 145 cm³/mol. The fraction of sp³-hybridized carbons (Fsp3) is 0.345. The van der Waals surface area contributed by atoms with Gasteiger partial charge in [-0.3, -0.25) is 9.69 Å². The SMILES string of the molecule is CCS(=O)(=O)c1ccc(CNC(=O)c2ccc3c(c2)CN(Cc2ccc(Cl)cc2)C[C@H]3C(C)C)cc1. The maximum absolute atomic E-state index is 13.0. The number of carbonyl (C=O) groups is 1. The van der Waals surface area contributed by atoms with E-state index in [9.17, 15) is 13.2 Å². The summed E-state index contributed by atoms with van der Waals surface area (Å²) in [7, 11) is -3.23. The second-order valence-corrected chi connectivity index (χ2v) is 12.5. The summed E-state index contributed by atoms with van der Waals surface area (Å²) in [5.41, 5.74) is 5.22. The standard InChI is InChI=1S/C29H33ClN2O3S/c1-4-36(34,35)26-12-7-21(8-13-26)16-31-29(33)23-9-14-27-24(15-23)18-32(19-28(27)20(2)3)17-22-5-10-25(30)11-6-22/h5-15,20,28H,4,16-19H2,1-3H3,(H,31,33)/t28-/m0/s1. The molecule has 0 aromatic heterocycles. The van der Waals surface area contributed by atoms with E-state index in [-0.39, 0.29) is 11.7 Å². The van der Waals surface area contributed by atoms with E-state index < -0.39 is 9.84 Å². The van der Waals surface area contributed by atoms with E-state index in [4.69, 9.17) is 11.6 Å². The first-order chi connectivity index (χ1) is 17.2. The summed E-state index contributed by atoms with van der Waals surface area (Å²) >= 11 is 6.05. The maximum atomic E-state index is 13.0. The summed E-state index contributed by atoms with van der Waals surface area (Å²) in [5, 5.41) is 3.71. The largest absolute Gasteiger partial charge is 0.348 e. The lowest BCUT2D eigenvalue weighted by Gasteiger charge is -2.37. The highest BCUT2D eigenvalue weighted by Crippen LogP contribution is 2.35. The molecule has 7 heteroatoms. The van der Waals surface area contributed by atoms with E-state index in [1.54, 1.807) is 31.2 Å². The number of sulfone groups is 1. The highest BCUT2D eigenvalue weighted by molar-refractivity contribution is 7.91.